The molecule has 2 atom stereocenters. The molecule has 2 unspecified atom stereocenters. The van der Waals surface area contributed by atoms with Crippen molar-refractivity contribution in [2.45, 2.75) is 25.1 Å². The van der Waals surface area contributed by atoms with Crippen LogP contribution >= 0.6 is 11.3 Å². The molecule has 1 aliphatic rings. The summed E-state index contributed by atoms with van der Waals surface area (Å²) in [4.78, 5) is 18.5. The number of carbonyl (C=O) groups excluding carboxylic acids is 1. The third kappa shape index (κ3) is 2.40. The Labute approximate surface area is 97.7 Å². The third-order valence-corrected chi connectivity index (χ3v) is 3.46. The average molecular weight is 242 g/mol. The standard InChI is InChI=1S/C10H14N2O3S/c1-15-10(14)9-2-7(13)4-12(9)5-8-3-11-6-16-8/h3,6-7,9,13H,2,4-5H2,1H3. The van der Waals surface area contributed by atoms with Gasteiger partial charge in [0, 0.05) is 30.6 Å². The van der Waals surface area contributed by atoms with Crippen molar-refractivity contribution in [2.24, 2.45) is 0 Å². The molecule has 0 amide bonds. The van der Waals surface area contributed by atoms with E-state index < -0.39 is 6.10 Å². The number of aliphatic hydroxyl groups excluding tert-OH is 1. The van der Waals surface area contributed by atoms with Gasteiger partial charge in [0.15, 0.2) is 0 Å². The second-order valence-electron chi connectivity index (χ2n) is 3.83. The molecule has 2 heterocycles. The summed E-state index contributed by atoms with van der Waals surface area (Å²) in [5.74, 6) is -0.277. The zero-order valence-electron chi connectivity index (χ0n) is 9.00. The van der Waals surface area contributed by atoms with Gasteiger partial charge in [-0.2, -0.15) is 0 Å². The smallest absolute Gasteiger partial charge is 0.323 e. The number of β-amino-alcohol motifs (C(OH)–C–C–N with tert-alkyl or cyclic N) is 1. The zero-order valence-corrected chi connectivity index (χ0v) is 9.81. The lowest BCUT2D eigenvalue weighted by atomic mass is 10.2. The highest BCUT2D eigenvalue weighted by Crippen LogP contribution is 2.22. The Morgan fingerprint density at radius 2 is 2.62 bits per heavy atom. The molecule has 1 aliphatic heterocycles. The van der Waals surface area contributed by atoms with Crippen LogP contribution in [0.15, 0.2) is 11.7 Å². The van der Waals surface area contributed by atoms with Crippen molar-refractivity contribution in [3.05, 3.63) is 16.6 Å². The van der Waals surface area contributed by atoms with Crippen molar-refractivity contribution >= 4 is 17.3 Å². The van der Waals surface area contributed by atoms with E-state index in [0.29, 0.717) is 19.5 Å². The van der Waals surface area contributed by atoms with Gasteiger partial charge in [0.25, 0.3) is 0 Å². The van der Waals surface area contributed by atoms with Gasteiger partial charge in [-0.25, -0.2) is 0 Å². The van der Waals surface area contributed by atoms with Crippen LogP contribution in [0.5, 0.6) is 0 Å². The normalized spacial score (nSPS) is 25.9. The molecule has 0 bridgehead atoms. The molecule has 88 valence electrons. The highest BCUT2D eigenvalue weighted by molar-refractivity contribution is 7.09. The van der Waals surface area contributed by atoms with Gasteiger partial charge in [-0.1, -0.05) is 0 Å². The van der Waals surface area contributed by atoms with Crippen molar-refractivity contribution in [2.75, 3.05) is 13.7 Å². The molecule has 0 aromatic carbocycles. The fourth-order valence-electron chi connectivity index (χ4n) is 1.96. The lowest BCUT2D eigenvalue weighted by Gasteiger charge is -2.20. The molecule has 1 fully saturated rings. The molecular formula is C10H14N2O3S. The van der Waals surface area contributed by atoms with Crippen molar-refractivity contribution in [3.8, 4) is 0 Å². The van der Waals surface area contributed by atoms with E-state index in [2.05, 4.69) is 4.98 Å². The first kappa shape index (κ1) is 11.5. The van der Waals surface area contributed by atoms with Gasteiger partial charge in [0.2, 0.25) is 0 Å². The van der Waals surface area contributed by atoms with Gasteiger partial charge in [-0.05, 0) is 0 Å². The number of hydrogen-bond acceptors (Lipinski definition) is 6. The molecular weight excluding hydrogens is 228 g/mol. The van der Waals surface area contributed by atoms with Crippen molar-refractivity contribution in [1.29, 1.82) is 0 Å². The van der Waals surface area contributed by atoms with Crippen LogP contribution in [0.4, 0.5) is 0 Å². The number of esters is 1. The predicted octanol–water partition coefficient (Wildman–Crippen LogP) is 0.251. The summed E-state index contributed by atoms with van der Waals surface area (Å²) in [5, 5.41) is 9.58. The number of nitrogens with zero attached hydrogens (tertiary/aromatic N) is 2. The lowest BCUT2D eigenvalue weighted by Crippen LogP contribution is -2.36. The summed E-state index contributed by atoms with van der Waals surface area (Å²) in [7, 11) is 1.37. The second-order valence-corrected chi connectivity index (χ2v) is 4.80. The maximum atomic E-state index is 11.5. The third-order valence-electron chi connectivity index (χ3n) is 2.70. The van der Waals surface area contributed by atoms with Crippen molar-refractivity contribution < 1.29 is 14.6 Å². The highest BCUT2D eigenvalue weighted by atomic mass is 32.1. The molecule has 1 N–H and O–H groups in total. The van der Waals surface area contributed by atoms with Crippen LogP contribution in [0, 0.1) is 0 Å². The molecule has 1 saturated heterocycles. The first-order valence-corrected chi connectivity index (χ1v) is 5.96. The Hall–Kier alpha value is -0.980. The summed E-state index contributed by atoms with van der Waals surface area (Å²) < 4.78 is 4.73. The Bertz CT molecular complexity index is 355. The summed E-state index contributed by atoms with van der Waals surface area (Å²) in [6.07, 6.45) is 1.78. The molecule has 16 heavy (non-hydrogen) atoms. The Morgan fingerprint density at radius 3 is 3.25 bits per heavy atom. The topological polar surface area (TPSA) is 62.7 Å². The number of ether oxygens (including phenoxy) is 1. The van der Waals surface area contributed by atoms with Crippen LogP contribution in [0.25, 0.3) is 0 Å². The van der Waals surface area contributed by atoms with Gasteiger partial charge >= 0.3 is 5.97 Å². The Kier molecular flexibility index (Phi) is 3.52. The maximum absolute atomic E-state index is 11.5. The van der Waals surface area contributed by atoms with E-state index in [1.54, 1.807) is 23.0 Å². The number of hydrogen-bond donors (Lipinski definition) is 1. The number of rotatable bonds is 3. The number of aromatic nitrogens is 1. The van der Waals surface area contributed by atoms with Crippen LogP contribution in [-0.4, -0.2) is 46.8 Å². The number of carbonyl (C=O) groups is 1. The van der Waals surface area contributed by atoms with Gasteiger partial charge in [0.05, 0.1) is 18.7 Å². The summed E-state index contributed by atoms with van der Waals surface area (Å²) in [5.41, 5.74) is 1.76. The number of aliphatic hydroxyl groups is 1. The molecule has 0 radical (unpaired) electrons. The number of thiazole rings is 1. The molecule has 2 rings (SSSR count). The summed E-state index contributed by atoms with van der Waals surface area (Å²) >= 11 is 1.55. The van der Waals surface area contributed by atoms with Crippen LogP contribution in [-0.2, 0) is 16.1 Å². The summed E-state index contributed by atoms with van der Waals surface area (Å²) in [6, 6.07) is -0.331. The zero-order chi connectivity index (χ0) is 11.5. The minimum atomic E-state index is -0.447. The fraction of sp³-hybridized carbons (Fsp3) is 0.600. The molecule has 0 aliphatic carbocycles. The van der Waals surface area contributed by atoms with E-state index in [1.807, 2.05) is 4.90 Å². The van der Waals surface area contributed by atoms with Gasteiger partial charge in [0.1, 0.15) is 6.04 Å². The van der Waals surface area contributed by atoms with Gasteiger partial charge in [-0.15, -0.1) is 11.3 Å². The maximum Gasteiger partial charge on any atom is 0.323 e. The second kappa shape index (κ2) is 4.90. The molecule has 5 nitrogen and oxygen atoms in total. The van der Waals surface area contributed by atoms with Crippen LogP contribution in [0.1, 0.15) is 11.3 Å². The molecule has 0 saturated carbocycles. The van der Waals surface area contributed by atoms with E-state index in [1.165, 1.54) is 7.11 Å². The van der Waals surface area contributed by atoms with Crippen molar-refractivity contribution in [3.63, 3.8) is 0 Å². The minimum absolute atomic E-state index is 0.277. The van der Waals surface area contributed by atoms with Gasteiger partial charge in [-0.3, -0.25) is 14.7 Å². The van der Waals surface area contributed by atoms with Crippen molar-refractivity contribution in [1.82, 2.24) is 9.88 Å². The van der Waals surface area contributed by atoms with Crippen LogP contribution in [0.2, 0.25) is 0 Å². The minimum Gasteiger partial charge on any atom is -0.468 e. The Balaban J connectivity index is 2.04. The largest absolute Gasteiger partial charge is 0.468 e. The number of likely N-dealkylation sites (tertiary alicyclic amines) is 1. The van der Waals surface area contributed by atoms with E-state index in [9.17, 15) is 9.90 Å². The number of methoxy groups -OCH3 is 1. The van der Waals surface area contributed by atoms with E-state index in [0.717, 1.165) is 4.88 Å². The molecule has 0 spiro atoms. The van der Waals surface area contributed by atoms with Crippen LogP contribution < -0.4 is 0 Å². The van der Waals surface area contributed by atoms with Gasteiger partial charge < -0.3 is 9.84 Å². The Morgan fingerprint density at radius 1 is 1.81 bits per heavy atom. The molecule has 6 heteroatoms. The quantitative estimate of drug-likeness (QED) is 0.770. The lowest BCUT2D eigenvalue weighted by molar-refractivity contribution is -0.146. The average Bonchev–Trinajstić information content (AvgIpc) is 2.88. The SMILES string of the molecule is COC(=O)C1CC(O)CN1Cc1cncs1. The highest BCUT2D eigenvalue weighted by Gasteiger charge is 2.36. The molecule has 1 aromatic rings. The molecule has 1 aromatic heterocycles. The van der Waals surface area contributed by atoms with E-state index in [-0.39, 0.29) is 12.0 Å². The van der Waals surface area contributed by atoms with E-state index >= 15 is 0 Å². The monoisotopic (exact) mass is 242 g/mol. The summed E-state index contributed by atoms with van der Waals surface area (Å²) in [6.45, 7) is 1.15. The predicted molar refractivity (Wildman–Crippen MR) is 59.0 cm³/mol. The van der Waals surface area contributed by atoms with Crippen LogP contribution in [0.3, 0.4) is 0 Å². The first-order valence-electron chi connectivity index (χ1n) is 5.08. The van der Waals surface area contributed by atoms with E-state index in [4.69, 9.17) is 4.74 Å². The first-order chi connectivity index (χ1) is 7.70. The fourth-order valence-corrected chi connectivity index (χ4v) is 2.57.